The minimum Gasteiger partial charge on any atom is -0.311 e. The molecule has 0 unspecified atom stereocenters. The number of hydrogen-bond acceptors (Lipinski definition) is 1. The zero-order valence-electron chi connectivity index (χ0n) is 39.9. The van der Waals surface area contributed by atoms with Gasteiger partial charge in [0.05, 0.1) is 5.41 Å². The molecule has 336 valence electrons. The van der Waals surface area contributed by atoms with Crippen molar-refractivity contribution in [2.24, 2.45) is 0 Å². The van der Waals surface area contributed by atoms with E-state index in [9.17, 15) is 0 Å². The Balaban J connectivity index is 0.845. The summed E-state index contributed by atoms with van der Waals surface area (Å²) in [5.41, 5.74) is 25.6. The van der Waals surface area contributed by atoms with E-state index in [4.69, 9.17) is 0 Å². The standard InChI is InChI=1S/C70H51N/c1-69(2)64-27-11-13-29-66(64)70(67-30-14-12-28-65(67)69)63-26-10-9-25-61(63)62-44-37-57(47-68(62)70)56-24-16-23-55(46-56)54-22-15-21-53(45-54)52-35-42-60(43-36-52)71(58-38-31-50(32-39-58)48-17-5-3-6-18-48)59-40-33-51(34-41-59)49-19-7-4-8-20-49/h3-47H,1-2H3. The molecule has 0 bridgehead atoms. The van der Waals surface area contributed by atoms with E-state index >= 15 is 0 Å². The van der Waals surface area contributed by atoms with Gasteiger partial charge in [0.2, 0.25) is 0 Å². The van der Waals surface area contributed by atoms with Crippen LogP contribution in [0.1, 0.15) is 47.2 Å². The Hall–Kier alpha value is -8.78. The predicted octanol–water partition coefficient (Wildman–Crippen LogP) is 18.5. The van der Waals surface area contributed by atoms with Gasteiger partial charge in [0.25, 0.3) is 0 Å². The maximum absolute atomic E-state index is 2.50. The molecule has 0 atom stereocenters. The van der Waals surface area contributed by atoms with Crippen molar-refractivity contribution in [3.63, 3.8) is 0 Å². The minimum atomic E-state index is -0.427. The van der Waals surface area contributed by atoms with Crippen LogP contribution in [0.4, 0.5) is 17.1 Å². The first-order chi connectivity index (χ1) is 34.9. The number of rotatable bonds is 8. The van der Waals surface area contributed by atoms with Gasteiger partial charge in [0.15, 0.2) is 0 Å². The molecule has 71 heavy (non-hydrogen) atoms. The Morgan fingerprint density at radius 2 is 0.535 bits per heavy atom. The van der Waals surface area contributed by atoms with Crippen LogP contribution in [-0.2, 0) is 10.8 Å². The molecular formula is C70H51N. The highest BCUT2D eigenvalue weighted by Gasteiger charge is 2.53. The van der Waals surface area contributed by atoms with Gasteiger partial charge in [0, 0.05) is 22.5 Å². The maximum atomic E-state index is 2.50. The first-order valence-corrected chi connectivity index (χ1v) is 24.8. The van der Waals surface area contributed by atoms with Gasteiger partial charge in [-0.15, -0.1) is 0 Å². The molecule has 13 rings (SSSR count). The third kappa shape index (κ3) is 6.99. The first kappa shape index (κ1) is 42.3. The molecule has 0 aliphatic heterocycles. The molecule has 0 heterocycles. The SMILES string of the molecule is CC1(C)c2ccccc2C2(c3ccccc3-c3ccc(-c4cccc(-c5cccc(-c6ccc(N(c7ccc(-c8ccccc8)cc7)c7ccc(-c8ccccc8)cc7)cc6)c5)c4)cc32)c2ccccc21. The van der Waals surface area contributed by atoms with Crippen molar-refractivity contribution in [2.75, 3.05) is 4.90 Å². The zero-order valence-corrected chi connectivity index (χ0v) is 39.9. The second-order valence-corrected chi connectivity index (χ2v) is 19.6. The molecular weight excluding hydrogens is 855 g/mol. The number of nitrogens with zero attached hydrogens (tertiary/aromatic N) is 1. The lowest BCUT2D eigenvalue weighted by Crippen LogP contribution is -2.40. The lowest BCUT2D eigenvalue weighted by molar-refractivity contribution is 0.563. The van der Waals surface area contributed by atoms with E-state index in [2.05, 4.69) is 292 Å². The molecule has 11 aromatic rings. The van der Waals surface area contributed by atoms with Crippen molar-refractivity contribution in [2.45, 2.75) is 24.7 Å². The zero-order chi connectivity index (χ0) is 47.5. The number of fused-ring (bicyclic) bond motifs is 9. The molecule has 11 aromatic carbocycles. The van der Waals surface area contributed by atoms with Crippen LogP contribution < -0.4 is 4.90 Å². The Kier molecular flexibility index (Phi) is 10.1. The summed E-state index contributed by atoms with van der Waals surface area (Å²) >= 11 is 0. The fraction of sp³-hybridized carbons (Fsp3) is 0.0571. The van der Waals surface area contributed by atoms with Crippen molar-refractivity contribution in [3.05, 3.63) is 306 Å². The highest BCUT2D eigenvalue weighted by atomic mass is 15.1. The summed E-state index contributed by atoms with van der Waals surface area (Å²) in [4.78, 5) is 2.35. The third-order valence-corrected chi connectivity index (χ3v) is 15.4. The van der Waals surface area contributed by atoms with E-state index in [-0.39, 0.29) is 5.41 Å². The van der Waals surface area contributed by atoms with Crippen LogP contribution in [0.25, 0.3) is 66.8 Å². The molecule has 1 heteroatoms. The molecule has 0 saturated heterocycles. The summed E-state index contributed by atoms with van der Waals surface area (Å²) in [5.74, 6) is 0. The number of anilines is 3. The van der Waals surface area contributed by atoms with Gasteiger partial charge in [-0.3, -0.25) is 0 Å². The van der Waals surface area contributed by atoms with Gasteiger partial charge in [-0.25, -0.2) is 0 Å². The molecule has 0 aromatic heterocycles. The van der Waals surface area contributed by atoms with Gasteiger partial charge in [-0.2, -0.15) is 0 Å². The Morgan fingerprint density at radius 3 is 1.00 bits per heavy atom. The fourth-order valence-electron chi connectivity index (χ4n) is 11.9. The average Bonchev–Trinajstić information content (AvgIpc) is 3.74. The lowest BCUT2D eigenvalue weighted by Gasteiger charge is -2.46. The van der Waals surface area contributed by atoms with Crippen LogP contribution in [-0.4, -0.2) is 0 Å². The summed E-state index contributed by atoms with van der Waals surface area (Å²) < 4.78 is 0. The summed E-state index contributed by atoms with van der Waals surface area (Å²) in [6, 6.07) is 101. The molecule has 0 radical (unpaired) electrons. The summed E-state index contributed by atoms with van der Waals surface area (Å²) in [7, 11) is 0. The third-order valence-electron chi connectivity index (χ3n) is 15.4. The minimum absolute atomic E-state index is 0.134. The Labute approximate surface area is 417 Å². The van der Waals surface area contributed by atoms with Crippen molar-refractivity contribution < 1.29 is 0 Å². The van der Waals surface area contributed by atoms with Crippen LogP contribution >= 0.6 is 0 Å². The maximum Gasteiger partial charge on any atom is 0.0719 e. The fourth-order valence-corrected chi connectivity index (χ4v) is 11.9. The normalized spacial score (nSPS) is 13.4. The molecule has 2 aliphatic carbocycles. The quantitative estimate of drug-likeness (QED) is 0.147. The lowest BCUT2D eigenvalue weighted by atomic mass is 9.55. The van der Waals surface area contributed by atoms with Crippen LogP contribution in [0, 0.1) is 0 Å². The smallest absolute Gasteiger partial charge is 0.0719 e. The molecule has 1 spiro atoms. The Morgan fingerprint density at radius 1 is 0.225 bits per heavy atom. The van der Waals surface area contributed by atoms with Gasteiger partial charge >= 0.3 is 0 Å². The Bertz CT molecular complexity index is 3620. The highest BCUT2D eigenvalue weighted by molar-refractivity contribution is 5.91. The van der Waals surface area contributed by atoms with Crippen LogP contribution in [0.2, 0.25) is 0 Å². The van der Waals surface area contributed by atoms with E-state index < -0.39 is 5.41 Å². The van der Waals surface area contributed by atoms with Gasteiger partial charge in [0.1, 0.15) is 0 Å². The van der Waals surface area contributed by atoms with Crippen molar-refractivity contribution in [3.8, 4) is 66.8 Å². The number of benzene rings is 11. The van der Waals surface area contributed by atoms with Crippen LogP contribution in [0.5, 0.6) is 0 Å². The van der Waals surface area contributed by atoms with E-state index in [1.807, 2.05) is 0 Å². The molecule has 1 nitrogen and oxygen atoms in total. The molecule has 0 N–H and O–H groups in total. The predicted molar refractivity (Wildman–Crippen MR) is 298 cm³/mol. The van der Waals surface area contributed by atoms with Gasteiger partial charge in [-0.05, 0) is 155 Å². The molecule has 0 saturated carbocycles. The van der Waals surface area contributed by atoms with Crippen LogP contribution in [0.3, 0.4) is 0 Å². The molecule has 2 aliphatic rings. The highest BCUT2D eigenvalue weighted by Crippen LogP contribution is 2.62. The topological polar surface area (TPSA) is 3.24 Å². The summed E-state index contributed by atoms with van der Waals surface area (Å²) in [6.07, 6.45) is 0. The van der Waals surface area contributed by atoms with Crippen molar-refractivity contribution in [1.82, 2.24) is 0 Å². The van der Waals surface area contributed by atoms with E-state index in [1.165, 1.54) is 100 Å². The van der Waals surface area contributed by atoms with E-state index in [1.54, 1.807) is 0 Å². The van der Waals surface area contributed by atoms with E-state index in [0.717, 1.165) is 17.1 Å². The van der Waals surface area contributed by atoms with E-state index in [0.29, 0.717) is 0 Å². The van der Waals surface area contributed by atoms with Gasteiger partial charge < -0.3 is 4.90 Å². The average molecular weight is 906 g/mol. The number of hydrogen-bond donors (Lipinski definition) is 0. The van der Waals surface area contributed by atoms with Gasteiger partial charge in [-0.1, -0.05) is 232 Å². The van der Waals surface area contributed by atoms with Crippen LogP contribution in [0.15, 0.2) is 273 Å². The monoisotopic (exact) mass is 905 g/mol. The second kappa shape index (κ2) is 17.0. The first-order valence-electron chi connectivity index (χ1n) is 24.8. The summed E-state index contributed by atoms with van der Waals surface area (Å²) in [5, 5.41) is 0. The van der Waals surface area contributed by atoms with Crippen molar-refractivity contribution in [1.29, 1.82) is 0 Å². The molecule has 0 amide bonds. The molecule has 0 fully saturated rings. The second-order valence-electron chi connectivity index (χ2n) is 19.6. The van der Waals surface area contributed by atoms with Crippen molar-refractivity contribution >= 4 is 17.1 Å². The largest absolute Gasteiger partial charge is 0.311 e. The summed E-state index contributed by atoms with van der Waals surface area (Å²) in [6.45, 7) is 4.78.